The standard InChI is InChI=1S/C19H28N2O3/c1-3-7-17(15-8-5-4-6-9-15)20-18(22)13-21-11-14(2)10-16(12-21)19(23)24/h4-6,8-9,14,16-17H,3,7,10-13H2,1-2H3,(H,20,22)(H,23,24). The average Bonchev–Trinajstić information content (AvgIpc) is 2.54. The molecule has 0 spiro atoms. The van der Waals surface area contributed by atoms with Gasteiger partial charge in [-0.05, 0) is 24.3 Å². The molecular weight excluding hydrogens is 304 g/mol. The Morgan fingerprint density at radius 1 is 1.29 bits per heavy atom. The van der Waals surface area contributed by atoms with Gasteiger partial charge in [0.05, 0.1) is 18.5 Å². The van der Waals surface area contributed by atoms with Gasteiger partial charge in [-0.1, -0.05) is 50.6 Å². The molecule has 5 heteroatoms. The number of hydrogen-bond donors (Lipinski definition) is 2. The molecule has 2 N–H and O–H groups in total. The number of carbonyl (C=O) groups is 2. The first-order valence-electron chi connectivity index (χ1n) is 8.79. The van der Waals surface area contributed by atoms with E-state index < -0.39 is 5.97 Å². The molecule has 1 aliphatic heterocycles. The van der Waals surface area contributed by atoms with Crippen LogP contribution in [0.2, 0.25) is 0 Å². The number of piperidine rings is 1. The molecule has 1 aromatic rings. The zero-order chi connectivity index (χ0) is 17.5. The highest BCUT2D eigenvalue weighted by Crippen LogP contribution is 2.22. The number of nitrogens with zero attached hydrogens (tertiary/aromatic N) is 1. The van der Waals surface area contributed by atoms with Gasteiger partial charge in [-0.25, -0.2) is 0 Å². The molecule has 1 heterocycles. The minimum atomic E-state index is -0.764. The highest BCUT2D eigenvalue weighted by molar-refractivity contribution is 5.78. The molecule has 5 nitrogen and oxygen atoms in total. The lowest BCUT2D eigenvalue weighted by Crippen LogP contribution is -2.47. The van der Waals surface area contributed by atoms with Crippen LogP contribution in [-0.4, -0.2) is 41.5 Å². The summed E-state index contributed by atoms with van der Waals surface area (Å²) in [7, 11) is 0. The largest absolute Gasteiger partial charge is 0.481 e. The molecule has 1 fully saturated rings. The summed E-state index contributed by atoms with van der Waals surface area (Å²) in [5.74, 6) is -0.869. The van der Waals surface area contributed by atoms with E-state index in [2.05, 4.69) is 12.2 Å². The first-order chi connectivity index (χ1) is 11.5. The van der Waals surface area contributed by atoms with Crippen LogP contribution in [0.1, 0.15) is 44.7 Å². The Morgan fingerprint density at radius 2 is 2.00 bits per heavy atom. The van der Waals surface area contributed by atoms with E-state index in [4.69, 9.17) is 0 Å². The Morgan fingerprint density at radius 3 is 2.62 bits per heavy atom. The Hall–Kier alpha value is -1.88. The maximum absolute atomic E-state index is 12.5. The van der Waals surface area contributed by atoms with Crippen LogP contribution in [0.25, 0.3) is 0 Å². The quantitative estimate of drug-likeness (QED) is 0.805. The summed E-state index contributed by atoms with van der Waals surface area (Å²) >= 11 is 0. The number of amides is 1. The van der Waals surface area contributed by atoms with Crippen LogP contribution >= 0.6 is 0 Å². The molecule has 24 heavy (non-hydrogen) atoms. The second-order valence-electron chi connectivity index (χ2n) is 6.89. The van der Waals surface area contributed by atoms with Crippen molar-refractivity contribution in [2.75, 3.05) is 19.6 Å². The van der Waals surface area contributed by atoms with Crippen molar-refractivity contribution >= 4 is 11.9 Å². The summed E-state index contributed by atoms with van der Waals surface area (Å²) < 4.78 is 0. The third-order valence-electron chi connectivity index (χ3n) is 4.57. The first kappa shape index (κ1) is 18.5. The fourth-order valence-electron chi connectivity index (χ4n) is 3.51. The normalized spacial score (nSPS) is 22.8. The van der Waals surface area contributed by atoms with E-state index in [1.807, 2.05) is 42.2 Å². The van der Waals surface area contributed by atoms with Gasteiger partial charge in [0.15, 0.2) is 0 Å². The molecule has 1 saturated heterocycles. The maximum atomic E-state index is 12.5. The number of nitrogens with one attached hydrogen (secondary N) is 1. The van der Waals surface area contributed by atoms with Crippen LogP contribution in [0, 0.1) is 11.8 Å². The minimum absolute atomic E-state index is 0.0150. The number of carboxylic acid groups (broad SMARTS) is 1. The van der Waals surface area contributed by atoms with E-state index in [1.54, 1.807) is 0 Å². The monoisotopic (exact) mass is 332 g/mol. The number of hydrogen-bond acceptors (Lipinski definition) is 3. The number of benzene rings is 1. The second-order valence-corrected chi connectivity index (χ2v) is 6.89. The van der Waals surface area contributed by atoms with Crippen LogP contribution in [0.15, 0.2) is 30.3 Å². The summed E-state index contributed by atoms with van der Waals surface area (Å²) in [6.45, 7) is 5.65. The lowest BCUT2D eigenvalue weighted by molar-refractivity contribution is -0.145. The highest BCUT2D eigenvalue weighted by Gasteiger charge is 2.30. The summed E-state index contributed by atoms with van der Waals surface area (Å²) in [6, 6.07) is 10.0. The summed E-state index contributed by atoms with van der Waals surface area (Å²) in [5, 5.41) is 12.4. The second kappa shape index (κ2) is 8.83. The molecule has 3 atom stereocenters. The predicted molar refractivity (Wildman–Crippen MR) is 93.6 cm³/mol. The number of carbonyl (C=O) groups excluding carboxylic acids is 1. The minimum Gasteiger partial charge on any atom is -0.481 e. The van der Waals surface area contributed by atoms with E-state index in [1.165, 1.54) is 0 Å². The smallest absolute Gasteiger partial charge is 0.307 e. The van der Waals surface area contributed by atoms with Gasteiger partial charge in [-0.3, -0.25) is 14.5 Å². The molecule has 132 valence electrons. The van der Waals surface area contributed by atoms with Gasteiger partial charge in [0.25, 0.3) is 0 Å². The Balaban J connectivity index is 1.94. The molecule has 2 rings (SSSR count). The third-order valence-corrected chi connectivity index (χ3v) is 4.57. The van der Waals surface area contributed by atoms with Crippen LogP contribution in [0.4, 0.5) is 0 Å². The Bertz CT molecular complexity index is 547. The topological polar surface area (TPSA) is 69.6 Å². The summed E-state index contributed by atoms with van der Waals surface area (Å²) in [4.78, 5) is 25.7. The lowest BCUT2D eigenvalue weighted by Gasteiger charge is -2.34. The average molecular weight is 332 g/mol. The summed E-state index contributed by atoms with van der Waals surface area (Å²) in [6.07, 6.45) is 2.57. The van der Waals surface area contributed by atoms with E-state index in [9.17, 15) is 14.7 Å². The van der Waals surface area contributed by atoms with Gasteiger partial charge in [0.1, 0.15) is 0 Å². The van der Waals surface area contributed by atoms with Crippen LogP contribution in [-0.2, 0) is 9.59 Å². The molecule has 1 aromatic carbocycles. The fraction of sp³-hybridized carbons (Fsp3) is 0.579. The number of carboxylic acids is 1. The molecule has 0 radical (unpaired) electrons. The van der Waals surface area contributed by atoms with E-state index in [0.29, 0.717) is 18.9 Å². The molecule has 0 bridgehead atoms. The van der Waals surface area contributed by atoms with Crippen LogP contribution in [0.5, 0.6) is 0 Å². The number of likely N-dealkylation sites (tertiary alicyclic amines) is 1. The molecular formula is C19H28N2O3. The van der Waals surface area contributed by atoms with Gasteiger partial charge >= 0.3 is 5.97 Å². The van der Waals surface area contributed by atoms with Crippen molar-refractivity contribution < 1.29 is 14.7 Å². The van der Waals surface area contributed by atoms with Crippen molar-refractivity contribution in [3.63, 3.8) is 0 Å². The lowest BCUT2D eigenvalue weighted by atomic mass is 9.90. The van der Waals surface area contributed by atoms with Gasteiger partial charge in [0.2, 0.25) is 5.91 Å². The highest BCUT2D eigenvalue weighted by atomic mass is 16.4. The maximum Gasteiger partial charge on any atom is 0.307 e. The molecule has 0 aromatic heterocycles. The van der Waals surface area contributed by atoms with Crippen molar-refractivity contribution in [2.45, 2.75) is 39.2 Å². The van der Waals surface area contributed by atoms with Crippen LogP contribution < -0.4 is 5.32 Å². The van der Waals surface area contributed by atoms with Gasteiger partial charge in [-0.2, -0.15) is 0 Å². The Labute approximate surface area is 144 Å². The van der Waals surface area contributed by atoms with Gasteiger partial charge in [-0.15, -0.1) is 0 Å². The molecule has 1 amide bonds. The van der Waals surface area contributed by atoms with Crippen molar-refractivity contribution in [1.29, 1.82) is 0 Å². The zero-order valence-electron chi connectivity index (χ0n) is 14.6. The molecule has 0 aliphatic carbocycles. The van der Waals surface area contributed by atoms with Crippen molar-refractivity contribution in [3.8, 4) is 0 Å². The molecule has 0 saturated carbocycles. The van der Waals surface area contributed by atoms with Crippen molar-refractivity contribution in [2.24, 2.45) is 11.8 Å². The zero-order valence-corrected chi connectivity index (χ0v) is 14.6. The van der Waals surface area contributed by atoms with Gasteiger partial charge in [0, 0.05) is 13.1 Å². The van der Waals surface area contributed by atoms with Crippen molar-refractivity contribution in [3.05, 3.63) is 35.9 Å². The van der Waals surface area contributed by atoms with Crippen LogP contribution in [0.3, 0.4) is 0 Å². The SMILES string of the molecule is CCCC(NC(=O)CN1CC(C)CC(C(=O)O)C1)c1ccccc1. The third kappa shape index (κ3) is 5.34. The Kier molecular flexibility index (Phi) is 6.79. The fourth-order valence-corrected chi connectivity index (χ4v) is 3.51. The first-order valence-corrected chi connectivity index (χ1v) is 8.79. The van der Waals surface area contributed by atoms with E-state index in [0.717, 1.165) is 24.9 Å². The summed E-state index contributed by atoms with van der Waals surface area (Å²) in [5.41, 5.74) is 1.11. The predicted octanol–water partition coefficient (Wildman–Crippen LogP) is 2.69. The van der Waals surface area contributed by atoms with E-state index in [-0.39, 0.29) is 24.4 Å². The molecule has 3 unspecified atom stereocenters. The number of rotatable bonds is 7. The number of aliphatic carboxylic acids is 1. The van der Waals surface area contributed by atoms with Gasteiger partial charge < -0.3 is 10.4 Å². The molecule has 1 aliphatic rings. The van der Waals surface area contributed by atoms with E-state index >= 15 is 0 Å². The van der Waals surface area contributed by atoms with Crippen molar-refractivity contribution in [1.82, 2.24) is 10.2 Å².